The molecular formula is C20H28N2O3. The van der Waals surface area contributed by atoms with Crippen molar-refractivity contribution in [3.8, 4) is 0 Å². The Hall–Kier alpha value is -2.17. The van der Waals surface area contributed by atoms with E-state index in [9.17, 15) is 14.4 Å². The molecule has 0 aromatic heterocycles. The second kappa shape index (κ2) is 9.35. The number of likely N-dealkylation sites (tertiary alicyclic amines) is 1. The van der Waals surface area contributed by atoms with Crippen LogP contribution in [0.5, 0.6) is 0 Å². The van der Waals surface area contributed by atoms with Gasteiger partial charge in [-0.3, -0.25) is 14.4 Å². The number of nitrogens with one attached hydrogen (secondary N) is 1. The minimum absolute atomic E-state index is 0.00932. The van der Waals surface area contributed by atoms with E-state index in [0.29, 0.717) is 25.1 Å². The van der Waals surface area contributed by atoms with E-state index in [1.165, 1.54) is 0 Å². The van der Waals surface area contributed by atoms with E-state index in [-0.39, 0.29) is 36.5 Å². The number of rotatable bonds is 7. The van der Waals surface area contributed by atoms with Crippen LogP contribution in [0.15, 0.2) is 24.3 Å². The maximum absolute atomic E-state index is 12.3. The Labute approximate surface area is 149 Å². The second-order valence-corrected chi connectivity index (χ2v) is 6.76. The summed E-state index contributed by atoms with van der Waals surface area (Å²) in [6, 6.07) is 7.61. The number of nitrogens with zero attached hydrogens (tertiary/aromatic N) is 1. The molecule has 5 heteroatoms. The first-order valence-electron chi connectivity index (χ1n) is 9.16. The average molecular weight is 344 g/mol. The maximum Gasteiger partial charge on any atom is 0.223 e. The van der Waals surface area contributed by atoms with Gasteiger partial charge in [0.15, 0.2) is 5.78 Å². The van der Waals surface area contributed by atoms with Crippen LogP contribution in [-0.4, -0.2) is 41.6 Å². The molecule has 0 aliphatic carbocycles. The third-order valence-corrected chi connectivity index (χ3v) is 4.63. The number of carbonyl (C=O) groups is 3. The SMILES string of the molecule is CCCC(=O)NC1CCN(C(=O)CCC(=O)c2ccc(C)cc2)CC1. The number of amides is 2. The fourth-order valence-electron chi connectivity index (χ4n) is 3.06. The Morgan fingerprint density at radius 1 is 1.04 bits per heavy atom. The molecule has 0 bridgehead atoms. The standard InChI is InChI=1S/C20H28N2O3/c1-3-4-19(24)21-17-11-13-22(14-12-17)20(25)10-9-18(23)16-7-5-15(2)6-8-16/h5-8,17H,3-4,9-14H2,1-2H3,(H,21,24). The van der Waals surface area contributed by atoms with Crippen molar-refractivity contribution in [2.75, 3.05) is 13.1 Å². The van der Waals surface area contributed by atoms with Gasteiger partial charge < -0.3 is 10.2 Å². The lowest BCUT2D eigenvalue weighted by Crippen LogP contribution is -2.46. The first-order valence-corrected chi connectivity index (χ1v) is 9.16. The largest absolute Gasteiger partial charge is 0.353 e. The van der Waals surface area contributed by atoms with Crippen LogP contribution in [0.4, 0.5) is 0 Å². The highest BCUT2D eigenvalue weighted by Crippen LogP contribution is 2.14. The van der Waals surface area contributed by atoms with Crippen molar-refractivity contribution in [3.63, 3.8) is 0 Å². The van der Waals surface area contributed by atoms with Crippen LogP contribution in [-0.2, 0) is 9.59 Å². The van der Waals surface area contributed by atoms with Gasteiger partial charge in [-0.25, -0.2) is 0 Å². The molecule has 2 amide bonds. The van der Waals surface area contributed by atoms with Crippen molar-refractivity contribution in [2.24, 2.45) is 0 Å². The average Bonchev–Trinajstić information content (AvgIpc) is 2.61. The number of carbonyl (C=O) groups excluding carboxylic acids is 3. The summed E-state index contributed by atoms with van der Waals surface area (Å²) in [6.07, 6.45) is 3.47. The first-order chi connectivity index (χ1) is 12.0. The van der Waals surface area contributed by atoms with Crippen molar-refractivity contribution in [1.29, 1.82) is 0 Å². The van der Waals surface area contributed by atoms with Gasteiger partial charge in [0.1, 0.15) is 0 Å². The van der Waals surface area contributed by atoms with E-state index in [2.05, 4.69) is 5.32 Å². The van der Waals surface area contributed by atoms with E-state index >= 15 is 0 Å². The number of Topliss-reactive ketones (excluding diaryl/α,β-unsaturated/α-hetero) is 1. The van der Waals surface area contributed by atoms with Gasteiger partial charge >= 0.3 is 0 Å². The van der Waals surface area contributed by atoms with Crippen LogP contribution in [0.2, 0.25) is 0 Å². The summed E-state index contributed by atoms with van der Waals surface area (Å²) in [7, 11) is 0. The molecule has 1 saturated heterocycles. The van der Waals surface area contributed by atoms with E-state index in [0.717, 1.165) is 24.8 Å². The Kier molecular flexibility index (Phi) is 7.16. The van der Waals surface area contributed by atoms with Crippen molar-refractivity contribution < 1.29 is 14.4 Å². The highest BCUT2D eigenvalue weighted by Gasteiger charge is 2.23. The number of hydrogen-bond acceptors (Lipinski definition) is 3. The summed E-state index contributed by atoms with van der Waals surface area (Å²) in [5, 5.41) is 3.02. The number of benzene rings is 1. The van der Waals surface area contributed by atoms with Crippen LogP contribution in [0.3, 0.4) is 0 Å². The Morgan fingerprint density at radius 2 is 1.68 bits per heavy atom. The maximum atomic E-state index is 12.3. The summed E-state index contributed by atoms with van der Waals surface area (Å²) >= 11 is 0. The smallest absolute Gasteiger partial charge is 0.223 e. The summed E-state index contributed by atoms with van der Waals surface area (Å²) in [5.41, 5.74) is 1.78. The molecule has 1 N–H and O–H groups in total. The molecule has 2 rings (SSSR count). The zero-order chi connectivity index (χ0) is 18.2. The quantitative estimate of drug-likeness (QED) is 0.774. The van der Waals surface area contributed by atoms with E-state index in [1.807, 2.05) is 43.0 Å². The molecule has 0 saturated carbocycles. The minimum Gasteiger partial charge on any atom is -0.353 e. The molecule has 25 heavy (non-hydrogen) atoms. The van der Waals surface area contributed by atoms with Gasteiger partial charge in [0.2, 0.25) is 11.8 Å². The van der Waals surface area contributed by atoms with Gasteiger partial charge in [0, 0.05) is 44.0 Å². The normalized spacial score (nSPS) is 15.0. The zero-order valence-corrected chi connectivity index (χ0v) is 15.2. The van der Waals surface area contributed by atoms with Crippen molar-refractivity contribution >= 4 is 17.6 Å². The van der Waals surface area contributed by atoms with E-state index in [4.69, 9.17) is 0 Å². The van der Waals surface area contributed by atoms with Crippen LogP contribution in [0.1, 0.15) is 61.4 Å². The molecule has 0 radical (unpaired) electrons. The number of aryl methyl sites for hydroxylation is 1. The molecule has 1 aliphatic heterocycles. The summed E-state index contributed by atoms with van der Waals surface area (Å²) < 4.78 is 0. The molecule has 136 valence electrons. The number of ketones is 1. The van der Waals surface area contributed by atoms with Crippen LogP contribution >= 0.6 is 0 Å². The molecular weight excluding hydrogens is 316 g/mol. The van der Waals surface area contributed by atoms with Gasteiger partial charge in [-0.15, -0.1) is 0 Å². The van der Waals surface area contributed by atoms with Crippen LogP contribution in [0, 0.1) is 6.92 Å². The Bertz CT molecular complexity index is 602. The summed E-state index contributed by atoms with van der Waals surface area (Å²) in [6.45, 7) is 5.26. The number of hydrogen-bond donors (Lipinski definition) is 1. The van der Waals surface area contributed by atoms with Crippen LogP contribution < -0.4 is 5.32 Å². The molecule has 0 unspecified atom stereocenters. The number of piperidine rings is 1. The zero-order valence-electron chi connectivity index (χ0n) is 15.2. The lowest BCUT2D eigenvalue weighted by Gasteiger charge is -2.32. The predicted octanol–water partition coefficient (Wildman–Crippen LogP) is 2.87. The Balaban J connectivity index is 1.72. The molecule has 1 aromatic carbocycles. The topological polar surface area (TPSA) is 66.5 Å². The van der Waals surface area contributed by atoms with Crippen LogP contribution in [0.25, 0.3) is 0 Å². The minimum atomic E-state index is 0.00932. The summed E-state index contributed by atoms with van der Waals surface area (Å²) in [4.78, 5) is 37.9. The van der Waals surface area contributed by atoms with Crippen molar-refractivity contribution in [1.82, 2.24) is 10.2 Å². The van der Waals surface area contributed by atoms with Gasteiger partial charge in [-0.2, -0.15) is 0 Å². The predicted molar refractivity (Wildman–Crippen MR) is 97.4 cm³/mol. The van der Waals surface area contributed by atoms with Gasteiger partial charge in [-0.05, 0) is 26.2 Å². The monoisotopic (exact) mass is 344 g/mol. The third kappa shape index (κ3) is 6.00. The lowest BCUT2D eigenvalue weighted by molar-refractivity contribution is -0.132. The molecule has 0 atom stereocenters. The molecule has 0 spiro atoms. The second-order valence-electron chi connectivity index (χ2n) is 6.76. The molecule has 1 aromatic rings. The fourth-order valence-corrected chi connectivity index (χ4v) is 3.06. The fraction of sp³-hybridized carbons (Fsp3) is 0.550. The van der Waals surface area contributed by atoms with Crippen molar-refractivity contribution in [3.05, 3.63) is 35.4 Å². The molecule has 1 aliphatic rings. The lowest BCUT2D eigenvalue weighted by atomic mass is 10.0. The highest BCUT2D eigenvalue weighted by molar-refractivity contribution is 5.98. The van der Waals surface area contributed by atoms with Gasteiger partial charge in [0.05, 0.1) is 0 Å². The Morgan fingerprint density at radius 3 is 2.28 bits per heavy atom. The highest BCUT2D eigenvalue weighted by atomic mass is 16.2. The molecule has 5 nitrogen and oxygen atoms in total. The van der Waals surface area contributed by atoms with E-state index in [1.54, 1.807) is 0 Å². The molecule has 1 heterocycles. The van der Waals surface area contributed by atoms with E-state index < -0.39 is 0 Å². The third-order valence-electron chi connectivity index (χ3n) is 4.63. The van der Waals surface area contributed by atoms with Gasteiger partial charge in [0.25, 0.3) is 0 Å². The van der Waals surface area contributed by atoms with Crippen molar-refractivity contribution in [2.45, 2.75) is 58.4 Å². The first kappa shape index (κ1) is 19.2. The summed E-state index contributed by atoms with van der Waals surface area (Å²) in [5.74, 6) is 0.129. The van der Waals surface area contributed by atoms with Gasteiger partial charge in [-0.1, -0.05) is 36.8 Å². The molecule has 1 fully saturated rings.